The maximum atomic E-state index is 10.2. The minimum Gasteiger partial charge on any atom is -0.291 e. The van der Waals surface area contributed by atoms with Crippen molar-refractivity contribution in [3.8, 4) is 0 Å². The summed E-state index contributed by atoms with van der Waals surface area (Å²) in [4.78, 5) is 20.2. The average molecular weight is 156 g/mol. The maximum absolute atomic E-state index is 10.2. The number of hydrogen-bond donors (Lipinski definition) is 0. The van der Waals surface area contributed by atoms with Crippen molar-refractivity contribution >= 4 is 11.6 Å². The van der Waals surface area contributed by atoms with Gasteiger partial charge in [-0.2, -0.15) is 0 Å². The van der Waals surface area contributed by atoms with Crippen LogP contribution in [0.15, 0.2) is 26.3 Å². The molecule has 0 aromatic heterocycles. The summed E-state index contributed by atoms with van der Waals surface area (Å²) in [6, 6.07) is 0. The fraction of sp³-hybridized carbons (Fsp3) is 0.333. The second kappa shape index (κ2) is 15.9. The van der Waals surface area contributed by atoms with E-state index in [2.05, 4.69) is 26.3 Å². The quantitative estimate of drug-likeness (QED) is 0.453. The Balaban J connectivity index is -0.000000138. The molecular formula is C9H16O2. The highest BCUT2D eigenvalue weighted by Gasteiger charge is 2.00. The Kier molecular flexibility index (Phi) is 23.8. The van der Waals surface area contributed by atoms with E-state index in [4.69, 9.17) is 0 Å². The van der Waals surface area contributed by atoms with Gasteiger partial charge < -0.3 is 0 Å². The van der Waals surface area contributed by atoms with Gasteiger partial charge in [0.1, 0.15) is 0 Å². The second-order valence-corrected chi connectivity index (χ2v) is 1.33. The first-order chi connectivity index (χ1) is 5.18. The van der Waals surface area contributed by atoms with E-state index in [9.17, 15) is 9.59 Å². The third-order valence-corrected chi connectivity index (χ3v) is 0.714. The number of rotatable bonds is 2. The van der Waals surface area contributed by atoms with E-state index in [0.717, 1.165) is 0 Å². The molecule has 0 radical (unpaired) electrons. The highest BCUT2D eigenvalue weighted by atomic mass is 16.2. The van der Waals surface area contributed by atoms with Crippen molar-refractivity contribution in [2.24, 2.45) is 0 Å². The smallest absolute Gasteiger partial charge is 0.197 e. The Morgan fingerprint density at radius 3 is 1.36 bits per heavy atom. The van der Waals surface area contributed by atoms with Crippen molar-refractivity contribution in [3.05, 3.63) is 26.3 Å². The van der Waals surface area contributed by atoms with Gasteiger partial charge in [0.05, 0.1) is 0 Å². The summed E-state index contributed by atoms with van der Waals surface area (Å²) in [7, 11) is 0. The zero-order chi connectivity index (χ0) is 9.86. The van der Waals surface area contributed by atoms with Gasteiger partial charge in [0.25, 0.3) is 0 Å². The molecule has 0 aliphatic carbocycles. The van der Waals surface area contributed by atoms with Crippen LogP contribution in [0.4, 0.5) is 0 Å². The van der Waals surface area contributed by atoms with E-state index in [-0.39, 0.29) is 11.6 Å². The highest BCUT2D eigenvalue weighted by Crippen LogP contribution is 1.79. The van der Waals surface area contributed by atoms with Crippen LogP contribution in [0, 0.1) is 0 Å². The summed E-state index contributed by atoms with van der Waals surface area (Å²) < 4.78 is 0. The molecule has 0 amide bonds. The molecule has 0 heterocycles. The van der Waals surface area contributed by atoms with Crippen LogP contribution in [0.25, 0.3) is 0 Å². The molecule has 64 valence electrons. The normalized spacial score (nSPS) is 6.00. The van der Waals surface area contributed by atoms with Crippen molar-refractivity contribution in [1.29, 1.82) is 0 Å². The average Bonchev–Trinajstić information content (AvgIpc) is 2.10. The molecule has 2 heteroatoms. The van der Waals surface area contributed by atoms with Gasteiger partial charge in [-0.05, 0) is 0 Å². The molecule has 0 N–H and O–H groups in total. The van der Waals surface area contributed by atoms with E-state index in [0.29, 0.717) is 6.42 Å². The summed E-state index contributed by atoms with van der Waals surface area (Å²) in [6.45, 7) is 15.0. The van der Waals surface area contributed by atoms with Crippen LogP contribution in [0.2, 0.25) is 0 Å². The van der Waals surface area contributed by atoms with Gasteiger partial charge >= 0.3 is 0 Å². The monoisotopic (exact) mass is 156 g/mol. The van der Waals surface area contributed by atoms with Crippen molar-refractivity contribution in [2.75, 3.05) is 0 Å². The Morgan fingerprint density at radius 1 is 1.09 bits per heavy atom. The number of Topliss-reactive ketones (excluding diaryl/α,β-unsaturated/α-hetero) is 2. The molecule has 0 bridgehead atoms. The van der Waals surface area contributed by atoms with Gasteiger partial charge in [-0.15, -0.1) is 26.3 Å². The van der Waals surface area contributed by atoms with Crippen molar-refractivity contribution in [3.63, 3.8) is 0 Å². The zero-order valence-electron chi connectivity index (χ0n) is 7.35. The fourth-order valence-corrected chi connectivity index (χ4v) is 0.249. The first-order valence-electron chi connectivity index (χ1n) is 3.22. The fourth-order valence-electron chi connectivity index (χ4n) is 0.249. The van der Waals surface area contributed by atoms with Gasteiger partial charge in [-0.3, -0.25) is 9.59 Å². The summed E-state index contributed by atoms with van der Waals surface area (Å²) >= 11 is 0. The molecule has 0 fully saturated rings. The molecule has 0 saturated carbocycles. The van der Waals surface area contributed by atoms with Crippen LogP contribution >= 0.6 is 0 Å². The Labute approximate surface area is 68.6 Å². The van der Waals surface area contributed by atoms with Crippen LogP contribution in [0.1, 0.15) is 20.3 Å². The van der Waals surface area contributed by atoms with Gasteiger partial charge in [-0.25, -0.2) is 0 Å². The van der Waals surface area contributed by atoms with E-state index in [1.165, 1.54) is 6.92 Å². The molecule has 0 aromatic carbocycles. The van der Waals surface area contributed by atoms with Crippen LogP contribution in [-0.2, 0) is 9.59 Å². The zero-order valence-corrected chi connectivity index (χ0v) is 7.35. The van der Waals surface area contributed by atoms with Gasteiger partial charge in [0.2, 0.25) is 0 Å². The molecule has 0 saturated heterocycles. The Hall–Kier alpha value is -1.18. The third-order valence-electron chi connectivity index (χ3n) is 0.714. The van der Waals surface area contributed by atoms with E-state index in [1.54, 1.807) is 6.92 Å². The van der Waals surface area contributed by atoms with Crippen molar-refractivity contribution in [1.82, 2.24) is 0 Å². The Bertz CT molecular complexity index is 115. The topological polar surface area (TPSA) is 34.1 Å². The van der Waals surface area contributed by atoms with E-state index in [1.807, 2.05) is 0 Å². The molecule has 0 unspecified atom stereocenters. The summed E-state index contributed by atoms with van der Waals surface area (Å²) in [5.41, 5.74) is 0. The SMILES string of the molecule is C=C.C=C.CCC(=O)C(C)=O. The van der Waals surface area contributed by atoms with Gasteiger partial charge in [-0.1, -0.05) is 6.92 Å². The number of hydrogen-bond acceptors (Lipinski definition) is 2. The summed E-state index contributed by atoms with van der Waals surface area (Å²) in [6.07, 6.45) is 0.329. The standard InChI is InChI=1S/C5H8O2.2C2H4/c1-3-5(7)4(2)6;2*1-2/h3H2,1-2H3;2*1-2H2. The van der Waals surface area contributed by atoms with Crippen molar-refractivity contribution < 1.29 is 9.59 Å². The molecule has 0 aliphatic rings. The second-order valence-electron chi connectivity index (χ2n) is 1.33. The highest BCUT2D eigenvalue weighted by molar-refractivity contribution is 6.36. The lowest BCUT2D eigenvalue weighted by molar-refractivity contribution is -0.135. The van der Waals surface area contributed by atoms with Crippen LogP contribution in [-0.4, -0.2) is 11.6 Å². The largest absolute Gasteiger partial charge is 0.291 e. The van der Waals surface area contributed by atoms with Crippen LogP contribution < -0.4 is 0 Å². The van der Waals surface area contributed by atoms with Crippen molar-refractivity contribution in [2.45, 2.75) is 20.3 Å². The minimum atomic E-state index is -0.345. The number of carbonyl (C=O) groups is 2. The minimum absolute atomic E-state index is 0.292. The third kappa shape index (κ3) is 17.7. The first-order valence-corrected chi connectivity index (χ1v) is 3.22. The first kappa shape index (κ1) is 16.4. The number of ketones is 2. The molecule has 0 aliphatic heterocycles. The predicted molar refractivity (Wildman–Crippen MR) is 48.5 cm³/mol. The molecule has 0 atom stereocenters. The maximum Gasteiger partial charge on any atom is 0.197 e. The predicted octanol–water partition coefficient (Wildman–Crippen LogP) is 2.16. The molecule has 11 heavy (non-hydrogen) atoms. The molecule has 2 nitrogen and oxygen atoms in total. The molecular weight excluding hydrogens is 140 g/mol. The summed E-state index contributed by atoms with van der Waals surface area (Å²) in [5, 5.41) is 0. The van der Waals surface area contributed by atoms with Crippen LogP contribution in [0.3, 0.4) is 0 Å². The van der Waals surface area contributed by atoms with Crippen LogP contribution in [0.5, 0.6) is 0 Å². The number of carbonyl (C=O) groups excluding carboxylic acids is 2. The molecule has 0 aromatic rings. The molecule has 0 rings (SSSR count). The lowest BCUT2D eigenvalue weighted by Gasteiger charge is -1.81. The van der Waals surface area contributed by atoms with Gasteiger partial charge in [0, 0.05) is 13.3 Å². The lowest BCUT2D eigenvalue weighted by Crippen LogP contribution is -2.06. The summed E-state index contributed by atoms with van der Waals surface area (Å²) in [5.74, 6) is -0.637. The van der Waals surface area contributed by atoms with E-state index < -0.39 is 0 Å². The lowest BCUT2D eigenvalue weighted by atomic mass is 10.2. The van der Waals surface area contributed by atoms with Gasteiger partial charge in [0.15, 0.2) is 11.6 Å². The van der Waals surface area contributed by atoms with E-state index >= 15 is 0 Å². The molecule has 0 spiro atoms. The Morgan fingerprint density at radius 2 is 1.36 bits per heavy atom.